The summed E-state index contributed by atoms with van der Waals surface area (Å²) in [5.74, 6) is -3.79. The molecule has 0 aliphatic carbocycles. The molecule has 3 aromatic rings. The van der Waals surface area contributed by atoms with E-state index in [-0.39, 0.29) is 22.3 Å². The minimum Gasteiger partial charge on any atom is -0.468 e. The number of benzene rings is 1. The number of amides is 2. The number of fused-ring (bicyclic) bond motifs is 1. The van der Waals surface area contributed by atoms with Crippen molar-refractivity contribution in [1.29, 1.82) is 0 Å². The standard InChI is InChI=1S/C17H10F6N2O3.C9H7F6NO2/c18-16(19,20)8-28-13-12(17(21,22)23)5-9(6-24-13)7-25-14(26)10-3-1-2-4-11(10)15(25)27;10-8(11,12)4-18-7-6(9(13,14)15)1-5(3-17)2-16-7/h1-6H,7-8H2;1-2,17H,3-4H2. The van der Waals surface area contributed by atoms with Gasteiger partial charge in [-0.2, -0.15) is 52.7 Å². The van der Waals surface area contributed by atoms with Gasteiger partial charge in [-0.3, -0.25) is 14.5 Å². The number of nitrogens with zero attached hydrogens (tertiary/aromatic N) is 3. The minimum atomic E-state index is -5.05. The smallest absolute Gasteiger partial charge is 0.422 e. The number of ether oxygens (including phenoxy) is 2. The van der Waals surface area contributed by atoms with Crippen molar-refractivity contribution in [2.24, 2.45) is 0 Å². The molecule has 20 heteroatoms. The van der Waals surface area contributed by atoms with Gasteiger partial charge in [0.05, 0.1) is 24.3 Å². The van der Waals surface area contributed by atoms with Crippen LogP contribution in [0.15, 0.2) is 48.8 Å². The molecule has 1 aliphatic rings. The number of imide groups is 1. The third kappa shape index (κ3) is 9.44. The third-order valence-corrected chi connectivity index (χ3v) is 5.57. The van der Waals surface area contributed by atoms with Gasteiger partial charge in [0, 0.05) is 12.4 Å². The molecule has 1 aliphatic heterocycles. The zero-order valence-electron chi connectivity index (χ0n) is 22.4. The van der Waals surface area contributed by atoms with Gasteiger partial charge < -0.3 is 14.6 Å². The molecule has 1 N–H and O–H groups in total. The van der Waals surface area contributed by atoms with E-state index >= 15 is 0 Å². The molecule has 4 rings (SSSR count). The van der Waals surface area contributed by atoms with Crippen LogP contribution in [0.25, 0.3) is 0 Å². The lowest BCUT2D eigenvalue weighted by Gasteiger charge is -2.17. The first-order valence-corrected chi connectivity index (χ1v) is 12.2. The third-order valence-electron chi connectivity index (χ3n) is 5.57. The Labute approximate surface area is 249 Å². The predicted octanol–water partition coefficient (Wildman–Crippen LogP) is 6.37. The largest absolute Gasteiger partial charge is 0.468 e. The lowest BCUT2D eigenvalue weighted by molar-refractivity contribution is -0.159. The molecular formula is C26H17F12N3O5. The highest BCUT2D eigenvalue weighted by molar-refractivity contribution is 6.21. The Morgan fingerprint density at radius 2 is 1.04 bits per heavy atom. The molecule has 2 aromatic heterocycles. The van der Waals surface area contributed by atoms with Crippen molar-refractivity contribution in [2.75, 3.05) is 13.2 Å². The Morgan fingerprint density at radius 3 is 1.41 bits per heavy atom. The monoisotopic (exact) mass is 679 g/mol. The van der Waals surface area contributed by atoms with E-state index < -0.39 is 85.8 Å². The van der Waals surface area contributed by atoms with E-state index in [0.29, 0.717) is 12.1 Å². The SMILES string of the molecule is O=C1c2ccccc2C(=O)N1Cc1cnc(OCC(F)(F)F)c(C(F)(F)F)c1.OCc1cnc(OCC(F)(F)F)c(C(F)(F)F)c1. The molecule has 46 heavy (non-hydrogen) atoms. The number of hydrogen-bond donors (Lipinski definition) is 1. The molecule has 8 nitrogen and oxygen atoms in total. The second-order valence-corrected chi connectivity index (χ2v) is 9.10. The maximum Gasteiger partial charge on any atom is 0.422 e. The molecular weight excluding hydrogens is 662 g/mol. The summed E-state index contributed by atoms with van der Waals surface area (Å²) in [5, 5.41) is 8.65. The molecule has 0 fully saturated rings. The van der Waals surface area contributed by atoms with Crippen molar-refractivity contribution < 1.29 is 76.9 Å². The summed E-state index contributed by atoms with van der Waals surface area (Å²) in [7, 11) is 0. The number of aliphatic hydroxyl groups is 1. The van der Waals surface area contributed by atoms with Gasteiger partial charge in [0.25, 0.3) is 11.8 Å². The van der Waals surface area contributed by atoms with Crippen molar-refractivity contribution in [3.8, 4) is 11.8 Å². The minimum absolute atomic E-state index is 0.113. The van der Waals surface area contributed by atoms with E-state index in [2.05, 4.69) is 19.4 Å². The van der Waals surface area contributed by atoms with Crippen LogP contribution in [0.1, 0.15) is 43.0 Å². The van der Waals surface area contributed by atoms with Gasteiger partial charge in [-0.15, -0.1) is 0 Å². The number of aliphatic hydroxyl groups excluding tert-OH is 1. The zero-order valence-corrected chi connectivity index (χ0v) is 22.4. The Bertz CT molecular complexity index is 1530. The molecule has 1 aromatic carbocycles. The lowest BCUT2D eigenvalue weighted by Crippen LogP contribution is -2.29. The van der Waals surface area contributed by atoms with Crippen molar-refractivity contribution in [2.45, 2.75) is 37.9 Å². The normalized spacial score (nSPS) is 13.7. The first-order chi connectivity index (χ1) is 21.1. The second kappa shape index (κ2) is 13.4. The number of alkyl halides is 12. The predicted molar refractivity (Wildman–Crippen MR) is 128 cm³/mol. The maximum absolute atomic E-state index is 13.2. The Kier molecular flexibility index (Phi) is 10.4. The molecule has 2 amide bonds. The first-order valence-electron chi connectivity index (χ1n) is 12.2. The summed E-state index contributed by atoms with van der Waals surface area (Å²) in [6.45, 7) is -5.06. The van der Waals surface area contributed by atoms with E-state index in [9.17, 15) is 62.3 Å². The van der Waals surface area contributed by atoms with Crippen molar-refractivity contribution in [3.63, 3.8) is 0 Å². The maximum atomic E-state index is 13.2. The van der Waals surface area contributed by atoms with Gasteiger partial charge in [-0.1, -0.05) is 12.1 Å². The van der Waals surface area contributed by atoms with Crippen LogP contribution < -0.4 is 9.47 Å². The summed E-state index contributed by atoms with van der Waals surface area (Å²) in [6, 6.07) is 6.86. The highest BCUT2D eigenvalue weighted by Gasteiger charge is 2.40. The molecule has 0 atom stereocenters. The average Bonchev–Trinajstić information content (AvgIpc) is 3.18. The fraction of sp³-hybridized carbons (Fsp3) is 0.308. The summed E-state index contributed by atoms with van der Waals surface area (Å²) < 4.78 is 157. The van der Waals surface area contributed by atoms with E-state index in [4.69, 9.17) is 5.11 Å². The number of carbonyl (C=O) groups excluding carboxylic acids is 2. The van der Waals surface area contributed by atoms with Crippen LogP contribution in [-0.4, -0.2) is 57.4 Å². The highest BCUT2D eigenvalue weighted by Crippen LogP contribution is 2.37. The number of pyridine rings is 2. The quantitative estimate of drug-likeness (QED) is 0.229. The summed E-state index contributed by atoms with van der Waals surface area (Å²) in [6.07, 6.45) is -17.9. The molecule has 0 saturated carbocycles. The van der Waals surface area contributed by atoms with E-state index in [1.54, 1.807) is 0 Å². The van der Waals surface area contributed by atoms with Crippen LogP contribution in [0.5, 0.6) is 11.8 Å². The molecule has 0 bridgehead atoms. The van der Waals surface area contributed by atoms with Crippen molar-refractivity contribution >= 4 is 11.8 Å². The molecule has 0 spiro atoms. The van der Waals surface area contributed by atoms with Gasteiger partial charge in [0.15, 0.2) is 13.2 Å². The van der Waals surface area contributed by atoms with Crippen LogP contribution in [0.4, 0.5) is 52.7 Å². The van der Waals surface area contributed by atoms with E-state index in [1.165, 1.54) is 24.3 Å². The van der Waals surface area contributed by atoms with Crippen LogP contribution >= 0.6 is 0 Å². The second-order valence-electron chi connectivity index (χ2n) is 9.10. The van der Waals surface area contributed by atoms with Gasteiger partial charge in [0.1, 0.15) is 11.1 Å². The molecule has 0 unspecified atom stereocenters. The topological polar surface area (TPSA) is 102 Å². The molecule has 0 saturated heterocycles. The Morgan fingerprint density at radius 1 is 0.652 bits per heavy atom. The summed E-state index contributed by atoms with van der Waals surface area (Å²) in [4.78, 5) is 31.7. The number of aromatic nitrogens is 2. The number of hydrogen-bond acceptors (Lipinski definition) is 7. The van der Waals surface area contributed by atoms with Crippen molar-refractivity contribution in [3.05, 3.63) is 82.2 Å². The van der Waals surface area contributed by atoms with E-state index in [1.807, 2.05) is 0 Å². The first kappa shape index (κ1) is 35.9. The fourth-order valence-corrected chi connectivity index (χ4v) is 3.67. The number of carbonyl (C=O) groups is 2. The van der Waals surface area contributed by atoms with Crippen molar-refractivity contribution in [1.82, 2.24) is 14.9 Å². The van der Waals surface area contributed by atoms with Crippen LogP contribution in [0, 0.1) is 0 Å². The average molecular weight is 679 g/mol. The van der Waals surface area contributed by atoms with Gasteiger partial charge in [-0.25, -0.2) is 9.97 Å². The highest BCUT2D eigenvalue weighted by atomic mass is 19.4. The summed E-state index contributed by atoms with van der Waals surface area (Å²) >= 11 is 0. The van der Waals surface area contributed by atoms with Gasteiger partial charge >= 0.3 is 24.7 Å². The Hall–Kier alpha value is -4.62. The number of rotatable bonds is 7. The lowest BCUT2D eigenvalue weighted by atomic mass is 10.1. The number of halogens is 12. The fourth-order valence-electron chi connectivity index (χ4n) is 3.67. The summed E-state index contributed by atoms with van der Waals surface area (Å²) in [5.41, 5.74) is -3.14. The molecule has 0 radical (unpaired) electrons. The van der Waals surface area contributed by atoms with Crippen LogP contribution in [-0.2, 0) is 25.5 Å². The van der Waals surface area contributed by atoms with Crippen LogP contribution in [0.2, 0.25) is 0 Å². The van der Waals surface area contributed by atoms with Crippen LogP contribution in [0.3, 0.4) is 0 Å². The van der Waals surface area contributed by atoms with E-state index in [0.717, 1.165) is 17.3 Å². The Balaban J connectivity index is 0.000000277. The zero-order chi connectivity index (χ0) is 34.7. The van der Waals surface area contributed by atoms with Gasteiger partial charge in [0.2, 0.25) is 11.8 Å². The molecule has 3 heterocycles. The van der Waals surface area contributed by atoms with Gasteiger partial charge in [-0.05, 0) is 35.4 Å². The molecule has 250 valence electrons.